The number of aryl methyl sites for hydroxylation is 1. The Morgan fingerprint density at radius 2 is 2.10 bits per heavy atom. The molecule has 1 unspecified atom stereocenters. The van der Waals surface area contributed by atoms with Gasteiger partial charge in [0.15, 0.2) is 5.82 Å². The molecule has 0 aliphatic carbocycles. The molecule has 0 aliphatic heterocycles. The maximum absolute atomic E-state index is 5.52. The van der Waals surface area contributed by atoms with Crippen LogP contribution in [0.3, 0.4) is 0 Å². The van der Waals surface area contributed by atoms with Gasteiger partial charge in [-0.1, -0.05) is 0 Å². The van der Waals surface area contributed by atoms with Crippen molar-refractivity contribution in [2.75, 3.05) is 24.3 Å². The Bertz CT molecular complexity index is 560. The van der Waals surface area contributed by atoms with E-state index < -0.39 is 0 Å². The number of ether oxygens (including phenoxy) is 1. The van der Waals surface area contributed by atoms with E-state index in [1.807, 2.05) is 26.8 Å². The van der Waals surface area contributed by atoms with Gasteiger partial charge in [0.25, 0.3) is 0 Å². The van der Waals surface area contributed by atoms with E-state index in [2.05, 4.69) is 25.6 Å². The molecule has 0 saturated carbocycles. The van der Waals surface area contributed by atoms with Crippen molar-refractivity contribution in [3.8, 4) is 0 Å². The molecule has 21 heavy (non-hydrogen) atoms. The van der Waals surface area contributed by atoms with Gasteiger partial charge < -0.3 is 19.8 Å². The molecule has 0 spiro atoms. The molecule has 0 fully saturated rings. The first-order valence-electron chi connectivity index (χ1n) is 6.92. The Morgan fingerprint density at radius 3 is 2.71 bits per heavy atom. The van der Waals surface area contributed by atoms with Gasteiger partial charge in [0.2, 0.25) is 5.89 Å². The summed E-state index contributed by atoms with van der Waals surface area (Å²) < 4.78 is 10.6. The van der Waals surface area contributed by atoms with Gasteiger partial charge in [0, 0.05) is 19.7 Å². The molecular weight excluding hydrogens is 270 g/mol. The van der Waals surface area contributed by atoms with Crippen LogP contribution in [0, 0.1) is 6.92 Å². The van der Waals surface area contributed by atoms with E-state index in [9.17, 15) is 0 Å². The van der Waals surface area contributed by atoms with E-state index in [1.165, 1.54) is 0 Å². The highest BCUT2D eigenvalue weighted by Crippen LogP contribution is 2.19. The standard InChI is InChI=1S/C14H21N5O2/c1-5-15-11-6-12(19-13(18-11)8-20-4)17-10(3)14-16-7-9(2)21-14/h6-7,10H,5,8H2,1-4H3,(H2,15,17,18,19). The number of methoxy groups -OCH3 is 1. The second kappa shape index (κ2) is 7.03. The summed E-state index contributed by atoms with van der Waals surface area (Å²) in [7, 11) is 1.62. The van der Waals surface area contributed by atoms with E-state index in [-0.39, 0.29) is 6.04 Å². The maximum Gasteiger partial charge on any atom is 0.216 e. The number of oxazole rings is 1. The molecule has 0 aromatic carbocycles. The molecule has 0 aliphatic rings. The van der Waals surface area contributed by atoms with Crippen LogP contribution in [0.5, 0.6) is 0 Å². The van der Waals surface area contributed by atoms with Crippen LogP contribution in [-0.2, 0) is 11.3 Å². The van der Waals surface area contributed by atoms with E-state index in [0.29, 0.717) is 24.1 Å². The summed E-state index contributed by atoms with van der Waals surface area (Å²) in [5.74, 6) is 3.50. The molecular formula is C14H21N5O2. The lowest BCUT2D eigenvalue weighted by Crippen LogP contribution is -2.12. The zero-order valence-corrected chi connectivity index (χ0v) is 12.8. The fourth-order valence-electron chi connectivity index (χ4n) is 1.89. The first kappa shape index (κ1) is 15.2. The van der Waals surface area contributed by atoms with Gasteiger partial charge in [-0.05, 0) is 20.8 Å². The number of rotatable bonds is 7. The first-order chi connectivity index (χ1) is 10.1. The molecule has 2 aromatic heterocycles. The molecule has 2 rings (SSSR count). The van der Waals surface area contributed by atoms with Crippen molar-refractivity contribution in [3.63, 3.8) is 0 Å². The number of hydrogen-bond donors (Lipinski definition) is 2. The van der Waals surface area contributed by atoms with Crippen LogP contribution < -0.4 is 10.6 Å². The number of aromatic nitrogens is 3. The lowest BCUT2D eigenvalue weighted by atomic mass is 10.3. The molecule has 0 saturated heterocycles. The fraction of sp³-hybridized carbons (Fsp3) is 0.500. The van der Waals surface area contributed by atoms with Crippen molar-refractivity contribution in [1.82, 2.24) is 15.0 Å². The molecule has 7 nitrogen and oxygen atoms in total. The summed E-state index contributed by atoms with van der Waals surface area (Å²) in [5, 5.41) is 6.44. The summed E-state index contributed by atoms with van der Waals surface area (Å²) in [4.78, 5) is 13.0. The van der Waals surface area contributed by atoms with Gasteiger partial charge in [-0.2, -0.15) is 0 Å². The zero-order chi connectivity index (χ0) is 15.2. The van der Waals surface area contributed by atoms with Gasteiger partial charge in [-0.3, -0.25) is 0 Å². The van der Waals surface area contributed by atoms with Crippen LogP contribution in [-0.4, -0.2) is 28.6 Å². The molecule has 2 heterocycles. The second-order valence-corrected chi connectivity index (χ2v) is 4.69. The van der Waals surface area contributed by atoms with Crippen molar-refractivity contribution in [2.45, 2.75) is 33.4 Å². The topological polar surface area (TPSA) is 85.1 Å². The van der Waals surface area contributed by atoms with E-state index >= 15 is 0 Å². The Hall–Kier alpha value is -2.15. The van der Waals surface area contributed by atoms with Gasteiger partial charge in [-0.25, -0.2) is 15.0 Å². The number of nitrogens with zero attached hydrogens (tertiary/aromatic N) is 3. The summed E-state index contributed by atoms with van der Waals surface area (Å²) in [5.41, 5.74) is 0. The minimum absolute atomic E-state index is 0.0847. The van der Waals surface area contributed by atoms with Crippen LogP contribution >= 0.6 is 0 Å². The van der Waals surface area contributed by atoms with Crippen molar-refractivity contribution >= 4 is 11.6 Å². The third-order valence-electron chi connectivity index (χ3n) is 2.78. The fourth-order valence-corrected chi connectivity index (χ4v) is 1.89. The number of anilines is 2. The normalized spacial score (nSPS) is 12.2. The van der Waals surface area contributed by atoms with Crippen molar-refractivity contribution in [3.05, 3.63) is 29.7 Å². The van der Waals surface area contributed by atoms with Crippen LogP contribution in [0.1, 0.15) is 37.4 Å². The van der Waals surface area contributed by atoms with Gasteiger partial charge >= 0.3 is 0 Å². The Labute approximate surface area is 124 Å². The monoisotopic (exact) mass is 291 g/mol. The third-order valence-corrected chi connectivity index (χ3v) is 2.78. The number of hydrogen-bond acceptors (Lipinski definition) is 7. The summed E-state index contributed by atoms with van der Waals surface area (Å²) in [6.45, 7) is 7.01. The lowest BCUT2D eigenvalue weighted by molar-refractivity contribution is 0.178. The van der Waals surface area contributed by atoms with Crippen molar-refractivity contribution in [1.29, 1.82) is 0 Å². The maximum atomic E-state index is 5.52. The highest BCUT2D eigenvalue weighted by molar-refractivity contribution is 5.48. The zero-order valence-electron chi connectivity index (χ0n) is 12.8. The molecule has 0 amide bonds. The van der Waals surface area contributed by atoms with Gasteiger partial charge in [0.1, 0.15) is 30.0 Å². The predicted molar refractivity (Wildman–Crippen MR) is 80.2 cm³/mol. The van der Waals surface area contributed by atoms with Crippen molar-refractivity contribution in [2.24, 2.45) is 0 Å². The molecule has 0 bridgehead atoms. The number of nitrogens with one attached hydrogen (secondary N) is 2. The largest absolute Gasteiger partial charge is 0.444 e. The second-order valence-electron chi connectivity index (χ2n) is 4.69. The Kier molecular flexibility index (Phi) is 5.10. The Morgan fingerprint density at radius 1 is 1.33 bits per heavy atom. The molecule has 2 N–H and O–H groups in total. The average molecular weight is 291 g/mol. The summed E-state index contributed by atoms with van der Waals surface area (Å²) in [6.07, 6.45) is 1.70. The quantitative estimate of drug-likeness (QED) is 0.810. The van der Waals surface area contributed by atoms with Crippen LogP contribution in [0.25, 0.3) is 0 Å². The molecule has 1 atom stereocenters. The average Bonchev–Trinajstić information content (AvgIpc) is 2.86. The minimum atomic E-state index is -0.0847. The SMILES string of the molecule is CCNc1cc(NC(C)c2ncc(C)o2)nc(COC)n1. The first-order valence-corrected chi connectivity index (χ1v) is 6.92. The van der Waals surface area contributed by atoms with E-state index in [0.717, 1.165) is 18.1 Å². The van der Waals surface area contributed by atoms with E-state index in [1.54, 1.807) is 13.3 Å². The molecule has 7 heteroatoms. The van der Waals surface area contributed by atoms with Crippen LogP contribution in [0.15, 0.2) is 16.7 Å². The third kappa shape index (κ3) is 4.16. The van der Waals surface area contributed by atoms with Crippen molar-refractivity contribution < 1.29 is 9.15 Å². The summed E-state index contributed by atoms with van der Waals surface area (Å²) >= 11 is 0. The highest BCUT2D eigenvalue weighted by Gasteiger charge is 2.13. The van der Waals surface area contributed by atoms with Gasteiger partial charge in [0.05, 0.1) is 6.20 Å². The van der Waals surface area contributed by atoms with Gasteiger partial charge in [-0.15, -0.1) is 0 Å². The molecule has 2 aromatic rings. The highest BCUT2D eigenvalue weighted by atomic mass is 16.5. The molecule has 0 radical (unpaired) electrons. The predicted octanol–water partition coefficient (Wildman–Crippen LogP) is 2.52. The van der Waals surface area contributed by atoms with Crippen LogP contribution in [0.2, 0.25) is 0 Å². The summed E-state index contributed by atoms with van der Waals surface area (Å²) in [6, 6.07) is 1.77. The smallest absolute Gasteiger partial charge is 0.216 e. The Balaban J connectivity index is 2.17. The van der Waals surface area contributed by atoms with E-state index in [4.69, 9.17) is 9.15 Å². The molecule has 114 valence electrons. The van der Waals surface area contributed by atoms with Crippen LogP contribution in [0.4, 0.5) is 11.6 Å². The lowest BCUT2D eigenvalue weighted by Gasteiger charge is -2.13. The minimum Gasteiger partial charge on any atom is -0.444 e.